The molecule has 106 valence electrons. The van der Waals surface area contributed by atoms with Crippen LogP contribution in [0.1, 0.15) is 31.4 Å². The number of hydrogen-bond acceptors (Lipinski definition) is 3. The van der Waals surface area contributed by atoms with E-state index in [1.807, 2.05) is 25.1 Å². The van der Waals surface area contributed by atoms with Crippen LogP contribution in [0.2, 0.25) is 0 Å². The summed E-state index contributed by atoms with van der Waals surface area (Å²) in [7, 11) is 0. The zero-order chi connectivity index (χ0) is 14.3. The van der Waals surface area contributed by atoms with Crippen molar-refractivity contribution in [2.45, 2.75) is 27.2 Å². The maximum Gasteiger partial charge on any atom is 0.123 e. The standard InChI is InChI=1S/C15H23NO2S/c1-11(2)6-7-17-8-9-18-14-10-13(15(16)19)5-4-12(14)3/h4-5,10-11H,6-9H2,1-3H3,(H2,16,19). The molecule has 0 bridgehead atoms. The third-order valence-electron chi connectivity index (χ3n) is 2.80. The van der Waals surface area contributed by atoms with E-state index in [2.05, 4.69) is 13.8 Å². The van der Waals surface area contributed by atoms with Crippen LogP contribution >= 0.6 is 12.2 Å². The highest BCUT2D eigenvalue weighted by Gasteiger charge is 2.03. The van der Waals surface area contributed by atoms with Gasteiger partial charge in [-0.2, -0.15) is 0 Å². The molecular weight excluding hydrogens is 258 g/mol. The van der Waals surface area contributed by atoms with Crippen molar-refractivity contribution in [3.8, 4) is 5.75 Å². The van der Waals surface area contributed by atoms with Crippen molar-refractivity contribution in [2.75, 3.05) is 19.8 Å². The predicted molar refractivity (Wildman–Crippen MR) is 82.8 cm³/mol. The van der Waals surface area contributed by atoms with Crippen LogP contribution in [0.25, 0.3) is 0 Å². The summed E-state index contributed by atoms with van der Waals surface area (Å²) in [5.41, 5.74) is 7.51. The lowest BCUT2D eigenvalue weighted by atomic mass is 10.1. The fourth-order valence-electron chi connectivity index (χ4n) is 1.54. The Bertz CT molecular complexity index is 419. The monoisotopic (exact) mass is 281 g/mol. The highest BCUT2D eigenvalue weighted by atomic mass is 32.1. The summed E-state index contributed by atoms with van der Waals surface area (Å²) < 4.78 is 11.2. The second-order valence-corrected chi connectivity index (χ2v) is 5.43. The Morgan fingerprint density at radius 2 is 2.00 bits per heavy atom. The molecule has 0 saturated carbocycles. The average Bonchev–Trinajstić information content (AvgIpc) is 2.34. The lowest BCUT2D eigenvalue weighted by Gasteiger charge is -2.11. The molecule has 0 aliphatic heterocycles. The number of hydrogen-bond donors (Lipinski definition) is 1. The number of aryl methyl sites for hydroxylation is 1. The minimum absolute atomic E-state index is 0.387. The van der Waals surface area contributed by atoms with Gasteiger partial charge in [-0.3, -0.25) is 0 Å². The van der Waals surface area contributed by atoms with Crippen LogP contribution in [0.3, 0.4) is 0 Å². The van der Waals surface area contributed by atoms with E-state index in [0.29, 0.717) is 24.1 Å². The maximum absolute atomic E-state index is 5.69. The van der Waals surface area contributed by atoms with Gasteiger partial charge in [0.1, 0.15) is 17.3 Å². The predicted octanol–water partition coefficient (Wildman–Crippen LogP) is 3.07. The van der Waals surface area contributed by atoms with Crippen molar-refractivity contribution in [3.05, 3.63) is 29.3 Å². The molecule has 1 aromatic rings. The minimum Gasteiger partial charge on any atom is -0.491 e. The summed E-state index contributed by atoms with van der Waals surface area (Å²) in [4.78, 5) is 0.387. The average molecular weight is 281 g/mol. The summed E-state index contributed by atoms with van der Waals surface area (Å²) in [6.45, 7) is 8.29. The summed E-state index contributed by atoms with van der Waals surface area (Å²) in [6.07, 6.45) is 1.08. The molecule has 0 heterocycles. The molecule has 1 aromatic carbocycles. The molecule has 0 unspecified atom stereocenters. The van der Waals surface area contributed by atoms with Crippen LogP contribution in [-0.4, -0.2) is 24.8 Å². The molecule has 4 heteroatoms. The van der Waals surface area contributed by atoms with E-state index in [1.54, 1.807) is 0 Å². The molecule has 3 nitrogen and oxygen atoms in total. The van der Waals surface area contributed by atoms with E-state index >= 15 is 0 Å². The normalized spacial score (nSPS) is 10.7. The molecule has 19 heavy (non-hydrogen) atoms. The molecule has 1 rings (SSSR count). The van der Waals surface area contributed by atoms with Gasteiger partial charge in [0.15, 0.2) is 0 Å². The first-order valence-electron chi connectivity index (χ1n) is 6.61. The van der Waals surface area contributed by atoms with E-state index in [4.69, 9.17) is 27.4 Å². The molecule has 0 aliphatic rings. The molecular formula is C15H23NO2S. The van der Waals surface area contributed by atoms with Gasteiger partial charge in [0.05, 0.1) is 6.61 Å². The third kappa shape index (κ3) is 6.03. The number of thiocarbonyl (C=S) groups is 1. The fourth-order valence-corrected chi connectivity index (χ4v) is 1.67. The van der Waals surface area contributed by atoms with Crippen molar-refractivity contribution in [2.24, 2.45) is 11.7 Å². The van der Waals surface area contributed by atoms with E-state index in [-0.39, 0.29) is 0 Å². The Kier molecular flexibility index (Phi) is 6.81. The molecule has 0 spiro atoms. The first-order chi connectivity index (χ1) is 9.00. The Balaban J connectivity index is 2.36. The van der Waals surface area contributed by atoms with Crippen molar-refractivity contribution in [1.82, 2.24) is 0 Å². The minimum atomic E-state index is 0.387. The van der Waals surface area contributed by atoms with Crippen molar-refractivity contribution >= 4 is 17.2 Å². The van der Waals surface area contributed by atoms with Crippen LogP contribution in [-0.2, 0) is 4.74 Å². The number of rotatable bonds is 8. The molecule has 0 amide bonds. The van der Waals surface area contributed by atoms with Gasteiger partial charge in [0, 0.05) is 12.2 Å². The van der Waals surface area contributed by atoms with Crippen LogP contribution in [0, 0.1) is 12.8 Å². The smallest absolute Gasteiger partial charge is 0.123 e. The van der Waals surface area contributed by atoms with Gasteiger partial charge in [-0.25, -0.2) is 0 Å². The number of benzene rings is 1. The van der Waals surface area contributed by atoms with E-state index in [0.717, 1.165) is 29.9 Å². The second-order valence-electron chi connectivity index (χ2n) is 4.99. The quantitative estimate of drug-likeness (QED) is 0.587. The summed E-state index contributed by atoms with van der Waals surface area (Å²) in [5, 5.41) is 0. The van der Waals surface area contributed by atoms with E-state index in [9.17, 15) is 0 Å². The van der Waals surface area contributed by atoms with Gasteiger partial charge >= 0.3 is 0 Å². The topological polar surface area (TPSA) is 44.5 Å². The van der Waals surface area contributed by atoms with Gasteiger partial charge in [-0.05, 0) is 30.9 Å². The summed E-state index contributed by atoms with van der Waals surface area (Å²) in [6, 6.07) is 5.75. The second kappa shape index (κ2) is 8.12. The zero-order valence-electron chi connectivity index (χ0n) is 11.9. The van der Waals surface area contributed by atoms with Crippen LogP contribution in [0.4, 0.5) is 0 Å². The van der Waals surface area contributed by atoms with Crippen LogP contribution in [0.15, 0.2) is 18.2 Å². The third-order valence-corrected chi connectivity index (χ3v) is 3.03. The largest absolute Gasteiger partial charge is 0.491 e. The Hall–Kier alpha value is -1.13. The van der Waals surface area contributed by atoms with Gasteiger partial charge in [-0.1, -0.05) is 38.2 Å². The highest BCUT2D eigenvalue weighted by molar-refractivity contribution is 7.80. The summed E-state index contributed by atoms with van der Waals surface area (Å²) >= 11 is 4.96. The van der Waals surface area contributed by atoms with Crippen molar-refractivity contribution in [1.29, 1.82) is 0 Å². The molecule has 0 atom stereocenters. The highest BCUT2D eigenvalue weighted by Crippen LogP contribution is 2.19. The van der Waals surface area contributed by atoms with Crippen molar-refractivity contribution < 1.29 is 9.47 Å². The molecule has 0 aliphatic carbocycles. The molecule has 0 aromatic heterocycles. The molecule has 0 saturated heterocycles. The van der Waals surface area contributed by atoms with Crippen molar-refractivity contribution in [3.63, 3.8) is 0 Å². The lowest BCUT2D eigenvalue weighted by molar-refractivity contribution is 0.0924. The van der Waals surface area contributed by atoms with Crippen LogP contribution < -0.4 is 10.5 Å². The molecule has 2 N–H and O–H groups in total. The molecule has 0 radical (unpaired) electrons. The zero-order valence-corrected chi connectivity index (χ0v) is 12.8. The van der Waals surface area contributed by atoms with E-state index in [1.165, 1.54) is 0 Å². The lowest BCUT2D eigenvalue weighted by Crippen LogP contribution is -2.12. The van der Waals surface area contributed by atoms with E-state index < -0.39 is 0 Å². The summed E-state index contributed by atoms with van der Waals surface area (Å²) in [5.74, 6) is 1.49. The Morgan fingerprint density at radius 1 is 1.26 bits per heavy atom. The number of ether oxygens (including phenoxy) is 2. The Morgan fingerprint density at radius 3 is 2.63 bits per heavy atom. The number of nitrogens with two attached hydrogens (primary N) is 1. The van der Waals surface area contributed by atoms with Crippen LogP contribution in [0.5, 0.6) is 5.75 Å². The maximum atomic E-state index is 5.69. The first-order valence-corrected chi connectivity index (χ1v) is 7.02. The van der Waals surface area contributed by atoms with Gasteiger partial charge in [0.25, 0.3) is 0 Å². The Labute approximate surface area is 121 Å². The van der Waals surface area contributed by atoms with Gasteiger partial charge in [0.2, 0.25) is 0 Å². The first kappa shape index (κ1) is 15.9. The van der Waals surface area contributed by atoms with Gasteiger partial charge in [-0.15, -0.1) is 0 Å². The van der Waals surface area contributed by atoms with Gasteiger partial charge < -0.3 is 15.2 Å². The fraction of sp³-hybridized carbons (Fsp3) is 0.533. The SMILES string of the molecule is Cc1ccc(C(N)=S)cc1OCCOCCC(C)C. The molecule has 0 fully saturated rings.